The van der Waals surface area contributed by atoms with E-state index in [1.54, 1.807) is 6.07 Å². The summed E-state index contributed by atoms with van der Waals surface area (Å²) < 4.78 is 31.5. The van der Waals surface area contributed by atoms with E-state index in [1.165, 1.54) is 18.2 Å². The molecule has 1 rings (SSSR count). The molecule has 0 heterocycles. The molecule has 0 aliphatic rings. The molecule has 0 aromatic heterocycles. The van der Waals surface area contributed by atoms with Crippen molar-refractivity contribution in [1.82, 2.24) is 4.72 Å². The summed E-state index contributed by atoms with van der Waals surface area (Å²) in [7, 11) is -3.60. The van der Waals surface area contributed by atoms with Crippen LogP contribution in [-0.2, 0) is 20.5 Å². The normalized spacial score (nSPS) is 11.8. The molecule has 0 atom stereocenters. The number of hydrogen-bond donors (Lipinski definition) is 1. The lowest BCUT2D eigenvalue weighted by atomic mass is 10.2. The van der Waals surface area contributed by atoms with Gasteiger partial charge >= 0.3 is 0 Å². The van der Waals surface area contributed by atoms with E-state index in [1.807, 2.05) is 13.8 Å². The maximum absolute atomic E-state index is 11.9. The van der Waals surface area contributed by atoms with Gasteiger partial charge in [-0.2, -0.15) is 0 Å². The van der Waals surface area contributed by atoms with E-state index in [4.69, 9.17) is 4.74 Å². The van der Waals surface area contributed by atoms with Gasteiger partial charge in [0.1, 0.15) is 0 Å². The Bertz CT molecular complexity index is 572. The van der Waals surface area contributed by atoms with Crippen LogP contribution in [0.2, 0.25) is 0 Å². The molecule has 8 heteroatoms. The number of nitrogens with zero attached hydrogens (tertiary/aromatic N) is 1. The van der Waals surface area contributed by atoms with Gasteiger partial charge in [0.2, 0.25) is 10.0 Å². The first-order chi connectivity index (χ1) is 9.82. The SMILES string of the molecule is CC(C)OCCCNS(=O)(=O)Cc1ccccc1[N+](=O)[O-]. The molecular weight excluding hydrogens is 296 g/mol. The average Bonchev–Trinajstić information content (AvgIpc) is 2.37. The van der Waals surface area contributed by atoms with E-state index in [9.17, 15) is 18.5 Å². The van der Waals surface area contributed by atoms with E-state index in [-0.39, 0.29) is 23.9 Å². The van der Waals surface area contributed by atoms with Crippen LogP contribution in [-0.4, -0.2) is 32.6 Å². The minimum Gasteiger partial charge on any atom is -0.379 e. The highest BCUT2D eigenvalue weighted by molar-refractivity contribution is 7.88. The van der Waals surface area contributed by atoms with Crippen molar-refractivity contribution in [1.29, 1.82) is 0 Å². The Hall–Kier alpha value is -1.51. The lowest BCUT2D eigenvalue weighted by Gasteiger charge is -2.09. The second kappa shape index (κ2) is 8.06. The molecule has 0 saturated carbocycles. The van der Waals surface area contributed by atoms with Crippen LogP contribution in [0.25, 0.3) is 0 Å². The molecule has 1 aromatic rings. The molecule has 0 saturated heterocycles. The number of nitrogens with one attached hydrogen (secondary N) is 1. The topological polar surface area (TPSA) is 98.5 Å². The fourth-order valence-corrected chi connectivity index (χ4v) is 2.90. The number of para-hydroxylation sites is 1. The van der Waals surface area contributed by atoms with Crippen molar-refractivity contribution in [2.75, 3.05) is 13.2 Å². The van der Waals surface area contributed by atoms with E-state index >= 15 is 0 Å². The first-order valence-electron chi connectivity index (χ1n) is 6.63. The second-order valence-electron chi connectivity index (χ2n) is 4.81. The predicted molar refractivity (Wildman–Crippen MR) is 79.4 cm³/mol. The van der Waals surface area contributed by atoms with Crippen molar-refractivity contribution < 1.29 is 18.1 Å². The molecule has 1 aromatic carbocycles. The predicted octanol–water partition coefficient (Wildman–Crippen LogP) is 1.83. The molecule has 1 N–H and O–H groups in total. The summed E-state index contributed by atoms with van der Waals surface area (Å²) in [6, 6.07) is 5.82. The van der Waals surface area contributed by atoms with Gasteiger partial charge in [-0.3, -0.25) is 10.1 Å². The third-order valence-corrected chi connectivity index (χ3v) is 3.96. The number of nitro benzene ring substituents is 1. The molecule has 7 nitrogen and oxygen atoms in total. The Labute approximate surface area is 124 Å². The van der Waals surface area contributed by atoms with Crippen LogP contribution in [0.3, 0.4) is 0 Å². The summed E-state index contributed by atoms with van der Waals surface area (Å²) in [6.07, 6.45) is 0.655. The number of rotatable bonds is 9. The lowest BCUT2D eigenvalue weighted by Crippen LogP contribution is -2.27. The lowest BCUT2D eigenvalue weighted by molar-refractivity contribution is -0.385. The van der Waals surface area contributed by atoms with Crippen LogP contribution < -0.4 is 4.72 Å². The van der Waals surface area contributed by atoms with Crippen LogP contribution in [0.4, 0.5) is 5.69 Å². The molecule has 0 aliphatic carbocycles. The van der Waals surface area contributed by atoms with Gasteiger partial charge in [0.25, 0.3) is 5.69 Å². The first-order valence-corrected chi connectivity index (χ1v) is 8.28. The van der Waals surface area contributed by atoms with E-state index in [0.717, 1.165) is 0 Å². The zero-order valence-electron chi connectivity index (χ0n) is 12.1. The summed E-state index contributed by atoms with van der Waals surface area (Å²) in [5, 5.41) is 10.8. The Morgan fingerprint density at radius 3 is 2.62 bits per heavy atom. The van der Waals surface area contributed by atoms with Crippen molar-refractivity contribution in [3.63, 3.8) is 0 Å². The molecule has 0 amide bonds. The van der Waals surface area contributed by atoms with Gasteiger partial charge in [-0.15, -0.1) is 0 Å². The minimum absolute atomic E-state index is 0.105. The van der Waals surface area contributed by atoms with Gasteiger partial charge < -0.3 is 4.74 Å². The second-order valence-corrected chi connectivity index (χ2v) is 6.62. The molecule has 0 spiro atoms. The average molecular weight is 316 g/mol. The molecular formula is C13H20N2O5S. The molecule has 0 bridgehead atoms. The van der Waals surface area contributed by atoms with Gasteiger partial charge in [0, 0.05) is 24.8 Å². The summed E-state index contributed by atoms with van der Waals surface area (Å²) in [6.45, 7) is 4.51. The van der Waals surface area contributed by atoms with Crippen molar-refractivity contribution in [3.8, 4) is 0 Å². The highest BCUT2D eigenvalue weighted by Crippen LogP contribution is 2.19. The molecule has 21 heavy (non-hydrogen) atoms. The summed E-state index contributed by atoms with van der Waals surface area (Å²) in [4.78, 5) is 10.3. The van der Waals surface area contributed by atoms with Crippen LogP contribution in [0.15, 0.2) is 24.3 Å². The van der Waals surface area contributed by atoms with Crippen molar-refractivity contribution in [2.45, 2.75) is 32.1 Å². The fraction of sp³-hybridized carbons (Fsp3) is 0.538. The molecule has 118 valence electrons. The van der Waals surface area contributed by atoms with Gasteiger partial charge in [0.05, 0.1) is 16.8 Å². The van der Waals surface area contributed by atoms with Gasteiger partial charge in [-0.1, -0.05) is 18.2 Å². The van der Waals surface area contributed by atoms with Crippen LogP contribution in [0, 0.1) is 10.1 Å². The molecule has 0 unspecified atom stereocenters. The Morgan fingerprint density at radius 1 is 1.33 bits per heavy atom. The van der Waals surface area contributed by atoms with E-state index in [0.29, 0.717) is 13.0 Å². The summed E-state index contributed by atoms with van der Waals surface area (Å²) in [5.41, 5.74) is -0.0144. The largest absolute Gasteiger partial charge is 0.379 e. The minimum atomic E-state index is -3.60. The van der Waals surface area contributed by atoms with E-state index < -0.39 is 20.7 Å². The van der Waals surface area contributed by atoms with Gasteiger partial charge in [0.15, 0.2) is 0 Å². The van der Waals surface area contributed by atoms with Crippen molar-refractivity contribution in [2.24, 2.45) is 0 Å². The molecule has 0 aliphatic heterocycles. The monoisotopic (exact) mass is 316 g/mol. The summed E-state index contributed by atoms with van der Waals surface area (Å²) in [5.74, 6) is -0.408. The first kappa shape index (κ1) is 17.5. The van der Waals surface area contributed by atoms with Crippen molar-refractivity contribution in [3.05, 3.63) is 39.9 Å². The number of hydrogen-bond acceptors (Lipinski definition) is 5. The van der Waals surface area contributed by atoms with Crippen LogP contribution >= 0.6 is 0 Å². The Kier molecular flexibility index (Phi) is 6.73. The Balaban J connectivity index is 2.55. The smallest absolute Gasteiger partial charge is 0.273 e. The van der Waals surface area contributed by atoms with Crippen molar-refractivity contribution >= 4 is 15.7 Å². The van der Waals surface area contributed by atoms with Gasteiger partial charge in [-0.05, 0) is 20.3 Å². The Morgan fingerprint density at radius 2 is 2.00 bits per heavy atom. The number of nitro groups is 1. The fourth-order valence-electron chi connectivity index (χ4n) is 1.69. The zero-order chi connectivity index (χ0) is 15.9. The van der Waals surface area contributed by atoms with Gasteiger partial charge in [-0.25, -0.2) is 13.1 Å². The summed E-state index contributed by atoms with van der Waals surface area (Å²) >= 11 is 0. The number of benzene rings is 1. The number of sulfonamides is 1. The van der Waals surface area contributed by atoms with E-state index in [2.05, 4.69) is 4.72 Å². The maximum atomic E-state index is 11.9. The maximum Gasteiger partial charge on any atom is 0.273 e. The standard InChI is InChI=1S/C13H20N2O5S/c1-11(2)20-9-5-8-14-21(18,19)10-12-6-3-4-7-13(12)15(16)17/h3-4,6-7,11,14H,5,8-10H2,1-2H3. The quantitative estimate of drug-likeness (QED) is 0.426. The third kappa shape index (κ3) is 6.65. The molecule has 0 fully saturated rings. The van der Waals surface area contributed by atoms with Crippen LogP contribution in [0.1, 0.15) is 25.8 Å². The highest BCUT2D eigenvalue weighted by atomic mass is 32.2. The third-order valence-electron chi connectivity index (χ3n) is 2.63. The van der Waals surface area contributed by atoms with Crippen LogP contribution in [0.5, 0.6) is 0 Å². The number of ether oxygens (including phenoxy) is 1. The zero-order valence-corrected chi connectivity index (χ0v) is 12.9. The highest BCUT2D eigenvalue weighted by Gasteiger charge is 2.19. The molecule has 0 radical (unpaired) electrons.